The van der Waals surface area contributed by atoms with Crippen molar-refractivity contribution in [2.45, 2.75) is 13.0 Å². The summed E-state index contributed by atoms with van der Waals surface area (Å²) in [5.41, 5.74) is 1.30. The van der Waals surface area contributed by atoms with Gasteiger partial charge in [0, 0.05) is 16.9 Å². The number of ether oxygens (including phenoxy) is 1. The summed E-state index contributed by atoms with van der Waals surface area (Å²) >= 11 is 3.24. The van der Waals surface area contributed by atoms with Gasteiger partial charge in [0.2, 0.25) is 0 Å². The van der Waals surface area contributed by atoms with Crippen molar-refractivity contribution in [1.29, 1.82) is 0 Å². The van der Waals surface area contributed by atoms with Gasteiger partial charge in [-0.15, -0.1) is 0 Å². The van der Waals surface area contributed by atoms with Crippen molar-refractivity contribution in [3.8, 4) is 0 Å². The summed E-state index contributed by atoms with van der Waals surface area (Å²) in [6.45, 7) is 1.56. The molecule has 1 atom stereocenters. The van der Waals surface area contributed by atoms with Crippen LogP contribution in [0.15, 0.2) is 65.4 Å². The lowest BCUT2D eigenvalue weighted by Gasteiger charge is -2.16. The minimum Gasteiger partial charge on any atom is -0.452 e. The van der Waals surface area contributed by atoms with Crippen LogP contribution in [0.4, 0.5) is 0 Å². The zero-order chi connectivity index (χ0) is 18.5. The van der Waals surface area contributed by atoms with E-state index in [9.17, 15) is 9.59 Å². The van der Waals surface area contributed by atoms with Crippen LogP contribution in [0, 0.1) is 0 Å². The number of hydrogen-bond donors (Lipinski definition) is 1. The molecule has 0 unspecified atom stereocenters. The number of carbonyl (C=O) groups excluding carboxylic acids is 2. The van der Waals surface area contributed by atoms with Crippen molar-refractivity contribution >= 4 is 38.6 Å². The number of halogens is 1. The summed E-state index contributed by atoms with van der Waals surface area (Å²) < 4.78 is 5.72. The van der Waals surface area contributed by atoms with Gasteiger partial charge >= 0.3 is 5.97 Å². The van der Waals surface area contributed by atoms with E-state index >= 15 is 0 Å². The van der Waals surface area contributed by atoms with E-state index in [1.165, 1.54) is 6.20 Å². The summed E-state index contributed by atoms with van der Waals surface area (Å²) in [6, 6.07) is 15.3. The molecule has 0 saturated carbocycles. The van der Waals surface area contributed by atoms with E-state index in [2.05, 4.69) is 26.2 Å². The summed E-state index contributed by atoms with van der Waals surface area (Å²) in [5.74, 6) is -0.950. The molecule has 0 aliphatic rings. The minimum atomic E-state index is -0.591. The maximum atomic E-state index is 12.2. The van der Waals surface area contributed by atoms with Gasteiger partial charge in [-0.05, 0) is 45.3 Å². The van der Waals surface area contributed by atoms with Crippen molar-refractivity contribution in [3.63, 3.8) is 0 Å². The third kappa shape index (κ3) is 4.26. The molecular weight excluding hydrogens is 396 g/mol. The molecule has 26 heavy (non-hydrogen) atoms. The Morgan fingerprint density at radius 1 is 1.15 bits per heavy atom. The highest BCUT2D eigenvalue weighted by molar-refractivity contribution is 9.10. The van der Waals surface area contributed by atoms with Crippen LogP contribution in [0.1, 0.15) is 28.9 Å². The zero-order valence-corrected chi connectivity index (χ0v) is 15.7. The Hall–Kier alpha value is -2.73. The van der Waals surface area contributed by atoms with Gasteiger partial charge in [-0.3, -0.25) is 9.78 Å². The van der Waals surface area contributed by atoms with Crippen LogP contribution in [0.25, 0.3) is 10.8 Å². The van der Waals surface area contributed by atoms with Crippen molar-refractivity contribution in [2.24, 2.45) is 0 Å². The molecule has 1 N–H and O–H groups in total. The average Bonchev–Trinajstić information content (AvgIpc) is 2.65. The largest absolute Gasteiger partial charge is 0.452 e. The maximum Gasteiger partial charge on any atom is 0.340 e. The van der Waals surface area contributed by atoms with Gasteiger partial charge in [0.1, 0.15) is 0 Å². The van der Waals surface area contributed by atoms with Gasteiger partial charge in [-0.1, -0.05) is 42.5 Å². The first-order valence-corrected chi connectivity index (χ1v) is 8.88. The molecule has 0 aliphatic heterocycles. The first-order valence-electron chi connectivity index (χ1n) is 8.09. The van der Waals surface area contributed by atoms with Crippen LogP contribution in [0.2, 0.25) is 0 Å². The number of pyridine rings is 1. The second-order valence-electron chi connectivity index (χ2n) is 5.83. The Kier molecular flexibility index (Phi) is 5.63. The van der Waals surface area contributed by atoms with Crippen LogP contribution in [0.3, 0.4) is 0 Å². The van der Waals surface area contributed by atoms with E-state index in [1.807, 2.05) is 49.4 Å². The summed E-state index contributed by atoms with van der Waals surface area (Å²) in [5, 5.41) is 5.06. The molecule has 1 heterocycles. The molecule has 3 aromatic rings. The standard InChI is InChI=1S/C20H17BrN2O3/c1-13(17-8-4-6-14-5-2-3-7-18(14)17)23-19(24)12-26-20(25)15-9-16(21)11-22-10-15/h2-11,13H,12H2,1H3,(H,23,24)/t13-/m0/s1. The van der Waals surface area contributed by atoms with Crippen LogP contribution in [0.5, 0.6) is 0 Å². The number of benzene rings is 2. The van der Waals surface area contributed by atoms with Crippen molar-refractivity contribution < 1.29 is 14.3 Å². The molecule has 0 spiro atoms. The highest BCUT2D eigenvalue weighted by Gasteiger charge is 2.15. The van der Waals surface area contributed by atoms with Gasteiger partial charge in [0.15, 0.2) is 6.61 Å². The molecule has 1 amide bonds. The molecule has 0 bridgehead atoms. The number of aromatic nitrogens is 1. The van der Waals surface area contributed by atoms with E-state index in [0.717, 1.165) is 16.3 Å². The molecule has 6 heteroatoms. The molecule has 2 aromatic carbocycles. The number of nitrogens with zero attached hydrogens (tertiary/aromatic N) is 1. The van der Waals surface area contributed by atoms with Crippen LogP contribution >= 0.6 is 15.9 Å². The third-order valence-corrected chi connectivity index (χ3v) is 4.38. The Morgan fingerprint density at radius 2 is 1.92 bits per heavy atom. The number of amides is 1. The quantitative estimate of drug-likeness (QED) is 0.642. The maximum absolute atomic E-state index is 12.2. The van der Waals surface area contributed by atoms with E-state index in [-0.39, 0.29) is 24.1 Å². The predicted molar refractivity (Wildman–Crippen MR) is 103 cm³/mol. The minimum absolute atomic E-state index is 0.208. The lowest BCUT2D eigenvalue weighted by molar-refractivity contribution is -0.124. The van der Waals surface area contributed by atoms with E-state index < -0.39 is 5.97 Å². The predicted octanol–water partition coefficient (Wildman–Crippen LogP) is 4.03. The fourth-order valence-electron chi connectivity index (χ4n) is 2.73. The van der Waals surface area contributed by atoms with Crippen molar-refractivity contribution in [2.75, 3.05) is 6.61 Å². The Balaban J connectivity index is 1.61. The van der Waals surface area contributed by atoms with Crippen LogP contribution in [-0.4, -0.2) is 23.5 Å². The third-order valence-electron chi connectivity index (χ3n) is 3.94. The smallest absolute Gasteiger partial charge is 0.340 e. The molecule has 0 aliphatic carbocycles. The fraction of sp³-hybridized carbons (Fsp3) is 0.150. The molecule has 0 saturated heterocycles. The number of hydrogen-bond acceptors (Lipinski definition) is 4. The monoisotopic (exact) mass is 412 g/mol. The van der Waals surface area contributed by atoms with E-state index in [1.54, 1.807) is 12.3 Å². The fourth-order valence-corrected chi connectivity index (χ4v) is 3.09. The number of fused-ring (bicyclic) bond motifs is 1. The lowest BCUT2D eigenvalue weighted by atomic mass is 10.00. The van der Waals surface area contributed by atoms with Gasteiger partial charge in [0.05, 0.1) is 11.6 Å². The number of rotatable bonds is 5. The lowest BCUT2D eigenvalue weighted by Crippen LogP contribution is -2.31. The van der Waals surface area contributed by atoms with Crippen LogP contribution in [-0.2, 0) is 9.53 Å². The first kappa shape index (κ1) is 18.1. The highest BCUT2D eigenvalue weighted by Crippen LogP contribution is 2.23. The van der Waals surface area contributed by atoms with Crippen molar-refractivity contribution in [1.82, 2.24) is 10.3 Å². The Morgan fingerprint density at radius 3 is 2.73 bits per heavy atom. The van der Waals surface area contributed by atoms with E-state index in [0.29, 0.717) is 4.47 Å². The van der Waals surface area contributed by atoms with Crippen molar-refractivity contribution in [3.05, 3.63) is 76.5 Å². The Bertz CT molecular complexity index is 953. The number of carbonyl (C=O) groups is 2. The Labute approximate surface area is 159 Å². The van der Waals surface area contributed by atoms with Gasteiger partial charge in [-0.25, -0.2) is 4.79 Å². The summed E-state index contributed by atoms with van der Waals surface area (Å²) in [6.07, 6.45) is 2.96. The van der Waals surface area contributed by atoms with Gasteiger partial charge in [0.25, 0.3) is 5.91 Å². The molecule has 1 aromatic heterocycles. The average molecular weight is 413 g/mol. The second kappa shape index (κ2) is 8.10. The van der Waals surface area contributed by atoms with Gasteiger partial charge < -0.3 is 10.1 Å². The van der Waals surface area contributed by atoms with Crippen LogP contribution < -0.4 is 5.32 Å². The number of nitrogens with one attached hydrogen (secondary N) is 1. The SMILES string of the molecule is C[C@H](NC(=O)COC(=O)c1cncc(Br)c1)c1cccc2ccccc12. The molecule has 5 nitrogen and oxygen atoms in total. The molecule has 3 rings (SSSR count). The zero-order valence-electron chi connectivity index (χ0n) is 14.1. The molecule has 132 valence electrons. The molecular formula is C20H17BrN2O3. The summed E-state index contributed by atoms with van der Waals surface area (Å²) in [7, 11) is 0. The van der Waals surface area contributed by atoms with Gasteiger partial charge in [-0.2, -0.15) is 0 Å². The first-order chi connectivity index (χ1) is 12.5. The summed E-state index contributed by atoms with van der Waals surface area (Å²) in [4.78, 5) is 28.0. The highest BCUT2D eigenvalue weighted by atomic mass is 79.9. The topological polar surface area (TPSA) is 68.3 Å². The molecule has 0 fully saturated rings. The second-order valence-corrected chi connectivity index (χ2v) is 6.74. The molecule has 0 radical (unpaired) electrons. The normalized spacial score (nSPS) is 11.8. The van der Waals surface area contributed by atoms with E-state index in [4.69, 9.17) is 4.74 Å². The number of esters is 1.